The highest BCUT2D eigenvalue weighted by molar-refractivity contribution is 6.16. The van der Waals surface area contributed by atoms with Crippen molar-refractivity contribution < 1.29 is 9.59 Å². The Kier molecular flexibility index (Phi) is 2.97. The van der Waals surface area contributed by atoms with Gasteiger partial charge in [0.05, 0.1) is 0 Å². The molecule has 1 aromatic carbocycles. The van der Waals surface area contributed by atoms with Gasteiger partial charge in [-0.05, 0) is 26.7 Å². The van der Waals surface area contributed by atoms with Crippen molar-refractivity contribution in [2.24, 2.45) is 5.41 Å². The number of rotatable bonds is 3. The molecule has 1 atom stereocenters. The number of benzene rings is 1. The molecule has 0 fully saturated rings. The topological polar surface area (TPSA) is 34.1 Å². The lowest BCUT2D eigenvalue weighted by Crippen LogP contribution is -2.37. The second kappa shape index (κ2) is 4.28. The molecule has 0 spiro atoms. The minimum Gasteiger partial charge on any atom is -0.299 e. The molecule has 1 aromatic rings. The van der Waals surface area contributed by atoms with Gasteiger partial charge in [-0.3, -0.25) is 9.59 Å². The van der Waals surface area contributed by atoms with Crippen molar-refractivity contribution in [3.05, 3.63) is 47.5 Å². The summed E-state index contributed by atoms with van der Waals surface area (Å²) >= 11 is 0. The van der Waals surface area contributed by atoms with E-state index in [0.717, 1.165) is 12.0 Å². The summed E-state index contributed by atoms with van der Waals surface area (Å²) in [5.74, 6) is -0.102. The fourth-order valence-electron chi connectivity index (χ4n) is 2.62. The molecule has 0 N–H and O–H groups in total. The van der Waals surface area contributed by atoms with Gasteiger partial charge in [-0.2, -0.15) is 0 Å². The Morgan fingerprint density at radius 3 is 2.29 bits per heavy atom. The molecule has 0 heterocycles. The molecule has 1 aliphatic carbocycles. The highest BCUT2D eigenvalue weighted by Crippen LogP contribution is 2.42. The van der Waals surface area contributed by atoms with E-state index in [4.69, 9.17) is 0 Å². The molecular weight excluding hydrogens is 212 g/mol. The summed E-state index contributed by atoms with van der Waals surface area (Å²) in [5, 5.41) is 0. The van der Waals surface area contributed by atoms with Gasteiger partial charge in [-0.1, -0.05) is 42.0 Å². The molecule has 2 nitrogen and oxygen atoms in total. The zero-order valence-corrected chi connectivity index (χ0v) is 10.2. The largest absolute Gasteiger partial charge is 0.299 e. The number of carbonyl (C=O) groups excluding carboxylic acids is 2. The van der Waals surface area contributed by atoms with E-state index in [-0.39, 0.29) is 11.6 Å². The Bertz CT molecular complexity index is 485. The number of ketones is 2. The summed E-state index contributed by atoms with van der Waals surface area (Å²) in [6, 6.07) is 9.08. The third kappa shape index (κ3) is 1.74. The van der Waals surface area contributed by atoms with Crippen molar-refractivity contribution in [2.45, 2.75) is 26.7 Å². The first kappa shape index (κ1) is 11.8. The Morgan fingerprint density at radius 2 is 1.82 bits per heavy atom. The van der Waals surface area contributed by atoms with Gasteiger partial charge in [0.2, 0.25) is 0 Å². The molecule has 0 saturated heterocycles. The van der Waals surface area contributed by atoms with Gasteiger partial charge >= 0.3 is 0 Å². The van der Waals surface area contributed by atoms with E-state index in [1.807, 2.05) is 31.2 Å². The molecule has 0 saturated carbocycles. The highest BCUT2D eigenvalue weighted by atomic mass is 16.2. The summed E-state index contributed by atoms with van der Waals surface area (Å²) in [4.78, 5) is 24.5. The van der Waals surface area contributed by atoms with Crippen LogP contribution < -0.4 is 0 Å². The average Bonchev–Trinajstić information content (AvgIpc) is 2.72. The highest BCUT2D eigenvalue weighted by Gasteiger charge is 2.46. The monoisotopic (exact) mass is 228 g/mol. The van der Waals surface area contributed by atoms with Crippen molar-refractivity contribution >= 4 is 11.6 Å². The standard InChI is InChI=1S/C15H16O2/c1-11-7-6-10-15(11,12(2)16)14(17)13-8-4-3-5-9-13/h3-5,7-9H,6,10H2,1-2H3. The molecule has 0 bridgehead atoms. The maximum Gasteiger partial charge on any atom is 0.180 e. The molecule has 1 unspecified atom stereocenters. The number of hydrogen-bond acceptors (Lipinski definition) is 2. The second-order valence-electron chi connectivity index (χ2n) is 4.58. The molecule has 2 heteroatoms. The van der Waals surface area contributed by atoms with E-state index in [1.54, 1.807) is 12.1 Å². The number of allylic oxidation sites excluding steroid dienone is 2. The molecule has 1 aliphatic rings. The van der Waals surface area contributed by atoms with Crippen molar-refractivity contribution in [3.8, 4) is 0 Å². The summed E-state index contributed by atoms with van der Waals surface area (Å²) in [7, 11) is 0. The van der Waals surface area contributed by atoms with E-state index < -0.39 is 5.41 Å². The van der Waals surface area contributed by atoms with Crippen molar-refractivity contribution in [3.63, 3.8) is 0 Å². The molecule has 0 amide bonds. The van der Waals surface area contributed by atoms with Crippen LogP contribution in [0.3, 0.4) is 0 Å². The van der Waals surface area contributed by atoms with Crippen LogP contribution in [0.1, 0.15) is 37.0 Å². The van der Waals surface area contributed by atoms with Crippen LogP contribution in [-0.2, 0) is 4.79 Å². The van der Waals surface area contributed by atoms with E-state index >= 15 is 0 Å². The van der Waals surface area contributed by atoms with Crippen molar-refractivity contribution in [2.75, 3.05) is 0 Å². The van der Waals surface area contributed by atoms with Gasteiger partial charge in [-0.15, -0.1) is 0 Å². The van der Waals surface area contributed by atoms with E-state index in [0.29, 0.717) is 12.0 Å². The van der Waals surface area contributed by atoms with Crippen LogP contribution in [0.15, 0.2) is 42.0 Å². The first-order chi connectivity index (χ1) is 8.09. The van der Waals surface area contributed by atoms with Crippen LogP contribution >= 0.6 is 0 Å². The average molecular weight is 228 g/mol. The van der Waals surface area contributed by atoms with Gasteiger partial charge in [0.25, 0.3) is 0 Å². The zero-order chi connectivity index (χ0) is 12.5. The van der Waals surface area contributed by atoms with Crippen LogP contribution in [0.4, 0.5) is 0 Å². The van der Waals surface area contributed by atoms with Crippen molar-refractivity contribution in [1.82, 2.24) is 0 Å². The molecule has 88 valence electrons. The summed E-state index contributed by atoms with van der Waals surface area (Å²) < 4.78 is 0. The lowest BCUT2D eigenvalue weighted by Gasteiger charge is -2.26. The van der Waals surface area contributed by atoms with E-state index in [9.17, 15) is 9.59 Å². The van der Waals surface area contributed by atoms with Gasteiger partial charge in [0.1, 0.15) is 11.2 Å². The predicted octanol–water partition coefficient (Wildman–Crippen LogP) is 3.18. The Morgan fingerprint density at radius 1 is 1.18 bits per heavy atom. The van der Waals surface area contributed by atoms with Gasteiger partial charge in [0.15, 0.2) is 5.78 Å². The van der Waals surface area contributed by atoms with Gasteiger partial charge < -0.3 is 0 Å². The molecule has 2 rings (SSSR count). The van der Waals surface area contributed by atoms with E-state index in [2.05, 4.69) is 0 Å². The molecule has 17 heavy (non-hydrogen) atoms. The lowest BCUT2D eigenvalue weighted by molar-refractivity contribution is -0.122. The van der Waals surface area contributed by atoms with Crippen LogP contribution in [0.5, 0.6) is 0 Å². The first-order valence-electron chi connectivity index (χ1n) is 5.87. The minimum absolute atomic E-state index is 0.0439. The second-order valence-corrected chi connectivity index (χ2v) is 4.58. The normalized spacial score (nSPS) is 23.3. The van der Waals surface area contributed by atoms with Crippen LogP contribution in [0.2, 0.25) is 0 Å². The fourth-order valence-corrected chi connectivity index (χ4v) is 2.62. The molecule has 0 aliphatic heterocycles. The predicted molar refractivity (Wildman–Crippen MR) is 66.9 cm³/mol. The van der Waals surface area contributed by atoms with Crippen molar-refractivity contribution in [1.29, 1.82) is 0 Å². The van der Waals surface area contributed by atoms with Crippen LogP contribution in [-0.4, -0.2) is 11.6 Å². The van der Waals surface area contributed by atoms with Gasteiger partial charge in [-0.25, -0.2) is 0 Å². The summed E-state index contributed by atoms with van der Waals surface area (Å²) in [6.07, 6.45) is 3.42. The maximum absolute atomic E-state index is 12.6. The molecule has 0 aromatic heterocycles. The quantitative estimate of drug-likeness (QED) is 0.452. The first-order valence-corrected chi connectivity index (χ1v) is 5.87. The number of Topliss-reactive ketones (excluding diaryl/α,β-unsaturated/α-hetero) is 2. The molecule has 0 radical (unpaired) electrons. The van der Waals surface area contributed by atoms with Crippen LogP contribution in [0.25, 0.3) is 0 Å². The van der Waals surface area contributed by atoms with Crippen LogP contribution in [0, 0.1) is 5.41 Å². The number of hydrogen-bond donors (Lipinski definition) is 0. The summed E-state index contributed by atoms with van der Waals surface area (Å²) in [5.41, 5.74) is 0.623. The third-order valence-corrected chi connectivity index (χ3v) is 3.67. The Balaban J connectivity index is 2.47. The number of carbonyl (C=O) groups is 2. The lowest BCUT2D eigenvalue weighted by atomic mass is 9.72. The summed E-state index contributed by atoms with van der Waals surface area (Å²) in [6.45, 7) is 3.40. The minimum atomic E-state index is -0.901. The zero-order valence-electron chi connectivity index (χ0n) is 10.2. The Labute approximate surface area is 101 Å². The van der Waals surface area contributed by atoms with E-state index in [1.165, 1.54) is 6.92 Å². The SMILES string of the molecule is CC(=O)C1(C(=O)c2ccccc2)CCC=C1C. The third-order valence-electron chi connectivity index (χ3n) is 3.67. The smallest absolute Gasteiger partial charge is 0.180 e. The Hall–Kier alpha value is -1.70. The maximum atomic E-state index is 12.6. The fraction of sp³-hybridized carbons (Fsp3) is 0.333. The van der Waals surface area contributed by atoms with Gasteiger partial charge in [0, 0.05) is 5.56 Å². The molecular formula is C15H16O2.